The van der Waals surface area contributed by atoms with Crippen LogP contribution in [0.2, 0.25) is 0 Å². The molecule has 0 aromatic heterocycles. The number of hydrogen-bond donors (Lipinski definition) is 1. The maximum atomic E-state index is 9.61. The summed E-state index contributed by atoms with van der Waals surface area (Å²) < 4.78 is 5.15. The predicted molar refractivity (Wildman–Crippen MR) is 76.5 cm³/mol. The van der Waals surface area contributed by atoms with Gasteiger partial charge in [0.2, 0.25) is 0 Å². The monoisotopic (exact) mass is 252 g/mol. The molecule has 0 bridgehead atoms. The van der Waals surface area contributed by atoms with E-state index < -0.39 is 0 Å². The molecule has 0 aliphatic heterocycles. The van der Waals surface area contributed by atoms with Gasteiger partial charge in [0, 0.05) is 0 Å². The summed E-state index contributed by atoms with van der Waals surface area (Å²) in [5.41, 5.74) is 5.23. The molecule has 0 fully saturated rings. The average molecular weight is 252 g/mol. The average Bonchev–Trinajstić information content (AvgIpc) is 2.84. The zero-order chi connectivity index (χ0) is 13.2. The van der Waals surface area contributed by atoms with Crippen molar-refractivity contribution < 1.29 is 9.84 Å². The summed E-state index contributed by atoms with van der Waals surface area (Å²) in [4.78, 5) is 0. The highest BCUT2D eigenvalue weighted by Crippen LogP contribution is 2.32. The fraction of sp³-hybridized carbons (Fsp3) is 0.176. The first-order chi connectivity index (χ1) is 9.28. The van der Waals surface area contributed by atoms with Crippen LogP contribution in [-0.4, -0.2) is 12.2 Å². The second-order valence-corrected chi connectivity index (χ2v) is 4.77. The van der Waals surface area contributed by atoms with Gasteiger partial charge in [-0.15, -0.1) is 0 Å². The van der Waals surface area contributed by atoms with Crippen molar-refractivity contribution in [2.75, 3.05) is 7.11 Å². The van der Waals surface area contributed by atoms with Crippen molar-refractivity contribution in [2.24, 2.45) is 0 Å². The Hall–Kier alpha value is -2.22. The van der Waals surface area contributed by atoms with Gasteiger partial charge in [-0.2, -0.15) is 0 Å². The number of allylic oxidation sites excluding steroid dienone is 2. The molecule has 0 unspecified atom stereocenters. The molecule has 0 saturated heterocycles. The molecule has 0 atom stereocenters. The van der Waals surface area contributed by atoms with Gasteiger partial charge in [-0.1, -0.05) is 36.4 Å². The molecule has 1 N–H and O–H groups in total. The smallest absolute Gasteiger partial charge is 0.160 e. The van der Waals surface area contributed by atoms with Crippen LogP contribution in [0.1, 0.15) is 16.7 Å². The first-order valence-electron chi connectivity index (χ1n) is 6.41. The molecule has 0 amide bonds. The van der Waals surface area contributed by atoms with E-state index in [-0.39, 0.29) is 5.75 Å². The standard InChI is InChI=1S/C17H16O2/c1-19-17-11-12(6-9-16(17)18)10-14-8-7-13-4-2-3-5-15(13)14/h2-6,8-9,11,18H,7,10H2,1H3. The minimum Gasteiger partial charge on any atom is -0.504 e. The molecular formula is C17H16O2. The number of aromatic hydroxyl groups is 1. The molecule has 2 aromatic rings. The highest BCUT2D eigenvalue weighted by atomic mass is 16.5. The Labute approximate surface area is 113 Å². The Morgan fingerprint density at radius 3 is 2.84 bits per heavy atom. The minimum atomic E-state index is 0.187. The van der Waals surface area contributed by atoms with Crippen LogP contribution >= 0.6 is 0 Å². The number of benzene rings is 2. The van der Waals surface area contributed by atoms with Crippen molar-refractivity contribution >= 4 is 5.57 Å². The van der Waals surface area contributed by atoms with Crippen LogP contribution < -0.4 is 4.74 Å². The van der Waals surface area contributed by atoms with Crippen LogP contribution in [0.5, 0.6) is 11.5 Å². The third-order valence-electron chi connectivity index (χ3n) is 3.57. The summed E-state index contributed by atoms with van der Waals surface area (Å²) in [6, 6.07) is 14.0. The van der Waals surface area contributed by atoms with Crippen molar-refractivity contribution in [2.45, 2.75) is 12.8 Å². The van der Waals surface area contributed by atoms with E-state index >= 15 is 0 Å². The number of rotatable bonds is 3. The van der Waals surface area contributed by atoms with Crippen molar-refractivity contribution in [3.05, 3.63) is 65.2 Å². The second kappa shape index (κ2) is 4.81. The molecule has 19 heavy (non-hydrogen) atoms. The van der Waals surface area contributed by atoms with Crippen LogP contribution in [0.25, 0.3) is 5.57 Å². The summed E-state index contributed by atoms with van der Waals surface area (Å²) >= 11 is 0. The number of hydrogen-bond acceptors (Lipinski definition) is 2. The Balaban J connectivity index is 1.87. The van der Waals surface area contributed by atoms with E-state index in [4.69, 9.17) is 4.74 Å². The van der Waals surface area contributed by atoms with E-state index in [0.717, 1.165) is 18.4 Å². The number of phenols is 1. The maximum Gasteiger partial charge on any atom is 0.160 e. The van der Waals surface area contributed by atoms with Crippen LogP contribution in [0, 0.1) is 0 Å². The van der Waals surface area contributed by atoms with Gasteiger partial charge in [0.15, 0.2) is 11.5 Å². The van der Waals surface area contributed by atoms with Crippen molar-refractivity contribution in [3.8, 4) is 11.5 Å². The summed E-state index contributed by atoms with van der Waals surface area (Å²) in [5, 5.41) is 9.61. The molecule has 3 rings (SSSR count). The second-order valence-electron chi connectivity index (χ2n) is 4.77. The first-order valence-corrected chi connectivity index (χ1v) is 6.41. The third kappa shape index (κ3) is 2.22. The normalized spacial score (nSPS) is 13.0. The summed E-state index contributed by atoms with van der Waals surface area (Å²) in [7, 11) is 1.57. The number of fused-ring (bicyclic) bond motifs is 1. The summed E-state index contributed by atoms with van der Waals surface area (Å²) in [6.45, 7) is 0. The van der Waals surface area contributed by atoms with Gasteiger partial charge in [0.25, 0.3) is 0 Å². The topological polar surface area (TPSA) is 29.5 Å². The number of methoxy groups -OCH3 is 1. The van der Waals surface area contributed by atoms with E-state index in [0.29, 0.717) is 5.75 Å². The van der Waals surface area contributed by atoms with E-state index in [1.807, 2.05) is 12.1 Å². The van der Waals surface area contributed by atoms with Gasteiger partial charge in [-0.05, 0) is 47.2 Å². The van der Waals surface area contributed by atoms with Crippen LogP contribution in [0.15, 0.2) is 48.5 Å². The molecule has 0 saturated carbocycles. The van der Waals surface area contributed by atoms with E-state index in [1.165, 1.54) is 16.7 Å². The SMILES string of the molecule is COc1cc(CC2=CCc3ccccc32)ccc1O. The Bertz CT molecular complexity index is 641. The fourth-order valence-corrected chi connectivity index (χ4v) is 2.57. The quantitative estimate of drug-likeness (QED) is 0.904. The van der Waals surface area contributed by atoms with Gasteiger partial charge in [0.1, 0.15) is 0 Å². The first kappa shape index (κ1) is 11.8. The molecule has 2 nitrogen and oxygen atoms in total. The zero-order valence-corrected chi connectivity index (χ0v) is 10.9. The van der Waals surface area contributed by atoms with Crippen molar-refractivity contribution in [1.29, 1.82) is 0 Å². The number of ether oxygens (including phenoxy) is 1. The van der Waals surface area contributed by atoms with E-state index in [9.17, 15) is 5.11 Å². The summed E-state index contributed by atoms with van der Waals surface area (Å²) in [6.07, 6.45) is 4.17. The molecule has 2 heteroatoms. The van der Waals surface area contributed by atoms with Crippen LogP contribution in [0.4, 0.5) is 0 Å². The van der Waals surface area contributed by atoms with E-state index in [2.05, 4.69) is 30.3 Å². The zero-order valence-electron chi connectivity index (χ0n) is 10.9. The molecule has 0 radical (unpaired) electrons. The Kier molecular flexibility index (Phi) is 3.00. The Morgan fingerprint density at radius 2 is 2.00 bits per heavy atom. The van der Waals surface area contributed by atoms with Gasteiger partial charge >= 0.3 is 0 Å². The van der Waals surface area contributed by atoms with Gasteiger partial charge in [-0.3, -0.25) is 0 Å². The lowest BCUT2D eigenvalue weighted by atomic mass is 9.99. The Morgan fingerprint density at radius 1 is 1.16 bits per heavy atom. The number of phenolic OH excluding ortho intramolecular Hbond substituents is 1. The van der Waals surface area contributed by atoms with Gasteiger partial charge < -0.3 is 9.84 Å². The lowest BCUT2D eigenvalue weighted by molar-refractivity contribution is 0.373. The third-order valence-corrected chi connectivity index (χ3v) is 3.57. The highest BCUT2D eigenvalue weighted by molar-refractivity contribution is 5.74. The molecule has 96 valence electrons. The fourth-order valence-electron chi connectivity index (χ4n) is 2.57. The van der Waals surface area contributed by atoms with Crippen molar-refractivity contribution in [1.82, 2.24) is 0 Å². The lowest BCUT2D eigenvalue weighted by Gasteiger charge is -2.09. The van der Waals surface area contributed by atoms with Crippen LogP contribution in [-0.2, 0) is 12.8 Å². The van der Waals surface area contributed by atoms with Gasteiger partial charge in [0.05, 0.1) is 7.11 Å². The summed E-state index contributed by atoms with van der Waals surface area (Å²) in [5.74, 6) is 0.719. The predicted octanol–water partition coefficient (Wildman–Crippen LogP) is 3.58. The molecule has 0 heterocycles. The molecule has 1 aliphatic carbocycles. The van der Waals surface area contributed by atoms with Crippen molar-refractivity contribution in [3.63, 3.8) is 0 Å². The largest absolute Gasteiger partial charge is 0.504 e. The minimum absolute atomic E-state index is 0.187. The molecule has 2 aromatic carbocycles. The molecular weight excluding hydrogens is 236 g/mol. The van der Waals surface area contributed by atoms with Crippen LogP contribution in [0.3, 0.4) is 0 Å². The van der Waals surface area contributed by atoms with E-state index in [1.54, 1.807) is 13.2 Å². The van der Waals surface area contributed by atoms with Gasteiger partial charge in [-0.25, -0.2) is 0 Å². The molecule has 0 spiro atoms. The lowest BCUT2D eigenvalue weighted by Crippen LogP contribution is -1.91. The maximum absolute atomic E-state index is 9.61. The molecule has 1 aliphatic rings. The highest BCUT2D eigenvalue weighted by Gasteiger charge is 2.14.